The first-order valence-corrected chi connectivity index (χ1v) is 17.5. The Labute approximate surface area is 275 Å². The summed E-state index contributed by atoms with van der Waals surface area (Å²) in [6, 6.07) is 28.3. The van der Waals surface area contributed by atoms with Crippen molar-refractivity contribution in [3.05, 3.63) is 112 Å². The Hall–Kier alpha value is -3.09. The molecule has 0 heterocycles. The molecule has 3 heteroatoms. The monoisotopic (exact) mass is 622 g/mol. The highest BCUT2D eigenvalue weighted by Crippen LogP contribution is 2.49. The largest absolute Gasteiger partial charge is 0.435 e. The molecule has 4 aromatic rings. The highest BCUT2D eigenvalue weighted by Gasteiger charge is 2.32. The quantitative estimate of drug-likeness (QED) is 0.199. The third-order valence-electron chi connectivity index (χ3n) is 8.43. The fraction of sp³-hybridized carbons (Fsp3) is 0.429. The Morgan fingerprint density at radius 1 is 0.444 bits per heavy atom. The Kier molecular flexibility index (Phi) is 9.74. The van der Waals surface area contributed by atoms with Crippen molar-refractivity contribution >= 4 is 13.7 Å². The normalized spacial score (nSPS) is 12.9. The zero-order valence-corrected chi connectivity index (χ0v) is 31.2. The van der Waals surface area contributed by atoms with Crippen molar-refractivity contribution in [2.45, 2.75) is 119 Å². The van der Waals surface area contributed by atoms with Gasteiger partial charge in [0.2, 0.25) is 0 Å². The summed E-state index contributed by atoms with van der Waals surface area (Å²) in [5.41, 5.74) is 9.64. The van der Waals surface area contributed by atoms with Crippen LogP contribution in [0.5, 0.6) is 11.5 Å². The van der Waals surface area contributed by atoms with Crippen molar-refractivity contribution in [2.75, 3.05) is 0 Å². The molecule has 240 valence electrons. The molecule has 0 unspecified atom stereocenters. The van der Waals surface area contributed by atoms with Crippen molar-refractivity contribution in [1.82, 2.24) is 0 Å². The van der Waals surface area contributed by atoms with Crippen LogP contribution in [0, 0.1) is 13.8 Å². The molecule has 0 N–H and O–H groups in total. The molecular formula is C42H55O2P. The maximum absolute atomic E-state index is 7.22. The van der Waals surface area contributed by atoms with Crippen molar-refractivity contribution < 1.29 is 9.05 Å². The maximum atomic E-state index is 7.22. The maximum Gasteiger partial charge on any atom is 0.326 e. The molecule has 0 aliphatic heterocycles. The molecule has 0 spiro atoms. The number of benzene rings is 4. The molecule has 0 amide bonds. The van der Waals surface area contributed by atoms with E-state index < -0.39 is 8.38 Å². The van der Waals surface area contributed by atoms with E-state index in [1.54, 1.807) is 0 Å². The van der Waals surface area contributed by atoms with E-state index in [0.717, 1.165) is 27.9 Å². The lowest BCUT2D eigenvalue weighted by atomic mass is 9.78. The van der Waals surface area contributed by atoms with E-state index in [0.29, 0.717) is 0 Å². The van der Waals surface area contributed by atoms with Crippen LogP contribution in [0.1, 0.15) is 116 Å². The minimum atomic E-state index is -1.58. The van der Waals surface area contributed by atoms with Gasteiger partial charge in [0.25, 0.3) is 0 Å². The van der Waals surface area contributed by atoms with Gasteiger partial charge in [0.05, 0.1) is 5.30 Å². The van der Waals surface area contributed by atoms with E-state index in [-0.39, 0.29) is 21.7 Å². The van der Waals surface area contributed by atoms with Gasteiger partial charge in [0, 0.05) is 11.1 Å². The molecule has 0 radical (unpaired) electrons. The molecule has 0 saturated heterocycles. The van der Waals surface area contributed by atoms with E-state index in [2.05, 4.69) is 176 Å². The smallest absolute Gasteiger partial charge is 0.326 e. The summed E-state index contributed by atoms with van der Waals surface area (Å²) in [6.07, 6.45) is 0. The van der Waals surface area contributed by atoms with E-state index in [4.69, 9.17) is 9.05 Å². The van der Waals surface area contributed by atoms with Crippen LogP contribution in [0.4, 0.5) is 0 Å². The van der Waals surface area contributed by atoms with Crippen LogP contribution in [-0.4, -0.2) is 0 Å². The summed E-state index contributed by atoms with van der Waals surface area (Å²) in [7, 11) is -1.58. The Morgan fingerprint density at radius 2 is 0.822 bits per heavy atom. The summed E-state index contributed by atoms with van der Waals surface area (Å²) >= 11 is 0. The minimum absolute atomic E-state index is 0.0255. The molecule has 2 nitrogen and oxygen atoms in total. The zero-order chi connectivity index (χ0) is 33.5. The SMILES string of the molecule is Cc1cc(OP(Oc2cc(C)c(C(C)(C)C)cc2C(C)(C)C)c2ccccc2-c2ccccc2)c(C(C)(C)C)cc1C(C)(C)C. The third kappa shape index (κ3) is 8.01. The molecule has 0 saturated carbocycles. The lowest BCUT2D eigenvalue weighted by Gasteiger charge is -2.32. The molecule has 4 rings (SSSR count). The van der Waals surface area contributed by atoms with Gasteiger partial charge in [-0.05, 0) is 87.1 Å². The first-order chi connectivity index (χ1) is 20.7. The molecule has 0 bridgehead atoms. The van der Waals surface area contributed by atoms with E-state index >= 15 is 0 Å². The molecule has 0 aliphatic rings. The standard InChI is InChI=1S/C42H55O2P/c1-28-24-36(34(41(9,10)11)26-32(28)39(3,4)5)43-45(38-23-19-18-22-31(38)30-20-16-15-17-21-30)44-37-25-29(2)33(40(6,7)8)27-35(37)42(12,13)14/h15-27H,1-14H3. The second-order valence-electron chi connectivity index (χ2n) is 16.6. The second-order valence-corrected chi connectivity index (χ2v) is 18.0. The highest BCUT2D eigenvalue weighted by molar-refractivity contribution is 7.57. The molecule has 0 aliphatic carbocycles. The van der Waals surface area contributed by atoms with Crippen LogP contribution >= 0.6 is 8.38 Å². The van der Waals surface area contributed by atoms with Crippen LogP contribution in [-0.2, 0) is 21.7 Å². The van der Waals surface area contributed by atoms with E-state index in [1.807, 2.05) is 0 Å². The van der Waals surface area contributed by atoms with Crippen molar-refractivity contribution in [2.24, 2.45) is 0 Å². The predicted octanol–water partition coefficient (Wildman–Crippen LogP) is 12.3. The lowest BCUT2D eigenvalue weighted by Crippen LogP contribution is -2.21. The average Bonchev–Trinajstić information content (AvgIpc) is 2.90. The van der Waals surface area contributed by atoms with Gasteiger partial charge in [-0.2, -0.15) is 0 Å². The van der Waals surface area contributed by atoms with Crippen molar-refractivity contribution in [3.63, 3.8) is 0 Å². The van der Waals surface area contributed by atoms with Crippen LogP contribution in [0.3, 0.4) is 0 Å². The molecule has 0 atom stereocenters. The fourth-order valence-electron chi connectivity index (χ4n) is 6.09. The van der Waals surface area contributed by atoms with Crippen LogP contribution < -0.4 is 14.4 Å². The van der Waals surface area contributed by atoms with Gasteiger partial charge in [0.1, 0.15) is 11.5 Å². The summed E-state index contributed by atoms with van der Waals surface area (Å²) in [5, 5.41) is 1.06. The Morgan fingerprint density at radius 3 is 1.22 bits per heavy atom. The fourth-order valence-corrected chi connectivity index (χ4v) is 7.59. The molecule has 0 aromatic heterocycles. The first kappa shape index (κ1) is 34.8. The topological polar surface area (TPSA) is 18.5 Å². The second kappa shape index (κ2) is 12.6. The first-order valence-electron chi connectivity index (χ1n) is 16.3. The summed E-state index contributed by atoms with van der Waals surface area (Å²) in [6.45, 7) is 31.7. The van der Waals surface area contributed by atoms with Gasteiger partial charge in [-0.1, -0.05) is 144 Å². The summed E-state index contributed by atoms with van der Waals surface area (Å²) in [5.74, 6) is 1.78. The third-order valence-corrected chi connectivity index (χ3v) is 9.94. The predicted molar refractivity (Wildman–Crippen MR) is 197 cm³/mol. The molecule has 4 aromatic carbocycles. The van der Waals surface area contributed by atoms with Gasteiger partial charge in [-0.3, -0.25) is 0 Å². The van der Waals surface area contributed by atoms with Crippen molar-refractivity contribution in [3.8, 4) is 22.6 Å². The van der Waals surface area contributed by atoms with E-state index in [1.165, 1.54) is 33.4 Å². The van der Waals surface area contributed by atoms with Gasteiger partial charge in [0.15, 0.2) is 0 Å². The summed E-state index contributed by atoms with van der Waals surface area (Å²) < 4.78 is 14.4. The van der Waals surface area contributed by atoms with E-state index in [9.17, 15) is 0 Å². The van der Waals surface area contributed by atoms with Crippen molar-refractivity contribution in [1.29, 1.82) is 0 Å². The molecule has 45 heavy (non-hydrogen) atoms. The minimum Gasteiger partial charge on any atom is -0.435 e. The lowest BCUT2D eigenvalue weighted by molar-refractivity contribution is 0.465. The summed E-state index contributed by atoms with van der Waals surface area (Å²) in [4.78, 5) is 0. The highest BCUT2D eigenvalue weighted by atomic mass is 31.2. The number of hydrogen-bond acceptors (Lipinski definition) is 2. The van der Waals surface area contributed by atoms with Crippen LogP contribution in [0.25, 0.3) is 11.1 Å². The number of aryl methyl sites for hydroxylation is 2. The number of rotatable bonds is 6. The number of hydrogen-bond donors (Lipinski definition) is 0. The van der Waals surface area contributed by atoms with Gasteiger partial charge in [-0.15, -0.1) is 0 Å². The molecule has 0 fully saturated rings. The Balaban J connectivity index is 1.98. The van der Waals surface area contributed by atoms with Gasteiger partial charge >= 0.3 is 8.38 Å². The molecular weight excluding hydrogens is 567 g/mol. The van der Waals surface area contributed by atoms with Crippen LogP contribution in [0.15, 0.2) is 78.9 Å². The van der Waals surface area contributed by atoms with Gasteiger partial charge in [-0.25, -0.2) is 0 Å². The Bertz CT molecular complexity index is 1550. The zero-order valence-electron chi connectivity index (χ0n) is 30.3. The average molecular weight is 623 g/mol. The van der Waals surface area contributed by atoms with Crippen LogP contribution in [0.2, 0.25) is 0 Å². The van der Waals surface area contributed by atoms with Gasteiger partial charge < -0.3 is 9.05 Å².